The summed E-state index contributed by atoms with van der Waals surface area (Å²) in [6.07, 6.45) is 2.96. The zero-order valence-electron chi connectivity index (χ0n) is 16.2. The molecule has 0 unspecified atom stereocenters. The van der Waals surface area contributed by atoms with Crippen LogP contribution in [0.4, 0.5) is 14.6 Å². The van der Waals surface area contributed by atoms with E-state index in [4.69, 9.17) is 4.74 Å². The van der Waals surface area contributed by atoms with Gasteiger partial charge < -0.3 is 10.1 Å². The average Bonchev–Trinajstić information content (AvgIpc) is 2.72. The molecular weight excluding hydrogens is 376 g/mol. The number of carbonyl (C=O) groups excluding carboxylic acids is 1. The Kier molecular flexibility index (Phi) is 6.49. The predicted molar refractivity (Wildman–Crippen MR) is 107 cm³/mol. The molecule has 7 heteroatoms. The molecule has 0 aliphatic carbocycles. The summed E-state index contributed by atoms with van der Waals surface area (Å²) in [7, 11) is 1.60. The molecule has 0 atom stereocenters. The fourth-order valence-corrected chi connectivity index (χ4v) is 2.86. The van der Waals surface area contributed by atoms with Crippen molar-refractivity contribution in [2.45, 2.75) is 26.2 Å². The van der Waals surface area contributed by atoms with Gasteiger partial charge >= 0.3 is 0 Å². The van der Waals surface area contributed by atoms with Crippen LogP contribution in [0.15, 0.2) is 48.7 Å². The number of amides is 1. The van der Waals surface area contributed by atoms with Gasteiger partial charge in [-0.2, -0.15) is 0 Å². The number of rotatable bonds is 7. The highest BCUT2D eigenvalue weighted by Crippen LogP contribution is 2.23. The Hall–Kier alpha value is -3.35. The molecule has 0 spiro atoms. The van der Waals surface area contributed by atoms with Crippen molar-refractivity contribution in [3.8, 4) is 17.0 Å². The van der Waals surface area contributed by atoms with Gasteiger partial charge in [-0.15, -0.1) is 0 Å². The van der Waals surface area contributed by atoms with E-state index in [1.54, 1.807) is 13.3 Å². The Balaban J connectivity index is 1.78. The number of halogens is 2. The number of benzene rings is 2. The number of hydrogen-bond donors (Lipinski definition) is 1. The van der Waals surface area contributed by atoms with E-state index in [1.165, 1.54) is 6.07 Å². The van der Waals surface area contributed by atoms with Gasteiger partial charge in [-0.3, -0.25) is 4.79 Å². The van der Waals surface area contributed by atoms with E-state index < -0.39 is 11.6 Å². The van der Waals surface area contributed by atoms with Crippen LogP contribution in [-0.4, -0.2) is 23.0 Å². The van der Waals surface area contributed by atoms with Crippen molar-refractivity contribution in [2.75, 3.05) is 12.4 Å². The van der Waals surface area contributed by atoms with Gasteiger partial charge in [0, 0.05) is 5.56 Å². The van der Waals surface area contributed by atoms with Crippen LogP contribution in [0.3, 0.4) is 0 Å². The third kappa shape index (κ3) is 5.13. The summed E-state index contributed by atoms with van der Waals surface area (Å²) in [5, 5.41) is 2.73. The first-order valence-corrected chi connectivity index (χ1v) is 9.24. The van der Waals surface area contributed by atoms with E-state index in [2.05, 4.69) is 15.3 Å². The fourth-order valence-electron chi connectivity index (χ4n) is 2.86. The quantitative estimate of drug-likeness (QED) is 0.635. The summed E-state index contributed by atoms with van der Waals surface area (Å²) in [6, 6.07) is 10.9. The van der Waals surface area contributed by atoms with E-state index in [9.17, 15) is 13.6 Å². The smallest absolute Gasteiger partial charge is 0.229 e. The second-order valence-electron chi connectivity index (χ2n) is 6.50. The van der Waals surface area contributed by atoms with Crippen LogP contribution in [0.5, 0.6) is 5.75 Å². The molecule has 0 aliphatic heterocycles. The maximum Gasteiger partial charge on any atom is 0.229 e. The van der Waals surface area contributed by atoms with Crippen molar-refractivity contribution < 1.29 is 18.3 Å². The molecule has 0 saturated heterocycles. The fraction of sp³-hybridized carbons (Fsp3) is 0.227. The zero-order valence-corrected chi connectivity index (χ0v) is 16.2. The lowest BCUT2D eigenvalue weighted by Crippen LogP contribution is -2.17. The summed E-state index contributed by atoms with van der Waals surface area (Å²) in [5.41, 5.74) is 2.62. The SMILES string of the molecule is CCCc1nc(-c2ccc(OC)cc2)cnc1NC(=O)Cc1ccc(F)c(F)c1. The highest BCUT2D eigenvalue weighted by molar-refractivity contribution is 5.92. The normalized spacial score (nSPS) is 10.6. The Bertz CT molecular complexity index is 1010. The number of ether oxygens (including phenoxy) is 1. The maximum absolute atomic E-state index is 13.3. The summed E-state index contributed by atoms with van der Waals surface area (Å²) in [6.45, 7) is 2.01. The van der Waals surface area contributed by atoms with Crippen molar-refractivity contribution in [3.63, 3.8) is 0 Å². The molecule has 0 saturated carbocycles. The Morgan fingerprint density at radius 1 is 1.10 bits per heavy atom. The third-order valence-electron chi connectivity index (χ3n) is 4.32. The number of hydrogen-bond acceptors (Lipinski definition) is 4. The molecule has 3 rings (SSSR count). The monoisotopic (exact) mass is 397 g/mol. The number of nitrogens with zero attached hydrogens (tertiary/aromatic N) is 2. The molecule has 150 valence electrons. The molecule has 2 aromatic carbocycles. The molecule has 0 aliphatic rings. The second kappa shape index (κ2) is 9.23. The number of methoxy groups -OCH3 is 1. The molecular formula is C22H21F2N3O2. The molecule has 0 radical (unpaired) electrons. The number of aryl methyl sites for hydroxylation is 1. The van der Waals surface area contributed by atoms with Gasteiger partial charge in [0.1, 0.15) is 5.75 Å². The minimum Gasteiger partial charge on any atom is -0.497 e. The Labute approximate surface area is 167 Å². The average molecular weight is 397 g/mol. The molecule has 1 amide bonds. The lowest BCUT2D eigenvalue weighted by molar-refractivity contribution is -0.115. The van der Waals surface area contributed by atoms with Crippen LogP contribution in [-0.2, 0) is 17.6 Å². The Morgan fingerprint density at radius 3 is 2.52 bits per heavy atom. The molecule has 5 nitrogen and oxygen atoms in total. The topological polar surface area (TPSA) is 64.1 Å². The molecule has 0 bridgehead atoms. The molecule has 1 heterocycles. The van der Waals surface area contributed by atoms with E-state index in [-0.39, 0.29) is 12.3 Å². The van der Waals surface area contributed by atoms with E-state index in [0.29, 0.717) is 29.2 Å². The Morgan fingerprint density at radius 2 is 1.86 bits per heavy atom. The predicted octanol–water partition coefficient (Wildman–Crippen LogP) is 4.56. The van der Waals surface area contributed by atoms with Gasteiger partial charge in [0.2, 0.25) is 5.91 Å². The third-order valence-corrected chi connectivity index (χ3v) is 4.32. The van der Waals surface area contributed by atoms with Gasteiger partial charge in [-0.25, -0.2) is 18.7 Å². The van der Waals surface area contributed by atoms with Gasteiger partial charge in [0.25, 0.3) is 0 Å². The van der Waals surface area contributed by atoms with E-state index in [1.807, 2.05) is 31.2 Å². The van der Waals surface area contributed by atoms with E-state index >= 15 is 0 Å². The maximum atomic E-state index is 13.3. The second-order valence-corrected chi connectivity index (χ2v) is 6.50. The molecule has 1 N–H and O–H groups in total. The van der Waals surface area contributed by atoms with Crippen molar-refractivity contribution in [2.24, 2.45) is 0 Å². The minimum atomic E-state index is -0.981. The first-order chi connectivity index (χ1) is 14.0. The highest BCUT2D eigenvalue weighted by atomic mass is 19.2. The van der Waals surface area contributed by atoms with Crippen LogP contribution < -0.4 is 10.1 Å². The lowest BCUT2D eigenvalue weighted by Gasteiger charge is -2.11. The molecule has 0 fully saturated rings. The van der Waals surface area contributed by atoms with Crippen molar-refractivity contribution in [1.82, 2.24) is 9.97 Å². The lowest BCUT2D eigenvalue weighted by atomic mass is 10.1. The zero-order chi connectivity index (χ0) is 20.8. The highest BCUT2D eigenvalue weighted by Gasteiger charge is 2.13. The summed E-state index contributed by atoms with van der Waals surface area (Å²) in [4.78, 5) is 21.4. The van der Waals surface area contributed by atoms with Crippen LogP contribution in [0.2, 0.25) is 0 Å². The van der Waals surface area contributed by atoms with Gasteiger partial charge in [-0.05, 0) is 48.4 Å². The largest absolute Gasteiger partial charge is 0.497 e. The summed E-state index contributed by atoms with van der Waals surface area (Å²) < 4.78 is 31.5. The van der Waals surface area contributed by atoms with Crippen LogP contribution in [0.1, 0.15) is 24.6 Å². The van der Waals surface area contributed by atoms with Gasteiger partial charge in [0.15, 0.2) is 17.5 Å². The molecule has 3 aromatic rings. The molecule has 1 aromatic heterocycles. The first kappa shape index (κ1) is 20.4. The van der Waals surface area contributed by atoms with Crippen LogP contribution in [0, 0.1) is 11.6 Å². The number of anilines is 1. The van der Waals surface area contributed by atoms with Gasteiger partial charge in [0.05, 0.1) is 31.1 Å². The minimum absolute atomic E-state index is 0.0926. The summed E-state index contributed by atoms with van der Waals surface area (Å²) >= 11 is 0. The van der Waals surface area contributed by atoms with Crippen molar-refractivity contribution in [1.29, 1.82) is 0 Å². The van der Waals surface area contributed by atoms with Gasteiger partial charge in [-0.1, -0.05) is 19.4 Å². The number of nitrogens with one attached hydrogen (secondary N) is 1. The van der Waals surface area contributed by atoms with Crippen LogP contribution in [0.25, 0.3) is 11.3 Å². The van der Waals surface area contributed by atoms with Crippen molar-refractivity contribution in [3.05, 3.63) is 71.6 Å². The number of carbonyl (C=O) groups is 1. The standard InChI is InChI=1S/C22H21F2N3O2/c1-3-4-19-22(27-21(28)12-14-5-10-17(23)18(24)11-14)25-13-20(26-19)15-6-8-16(29-2)9-7-15/h5-11,13H,3-4,12H2,1-2H3,(H,25,27,28). The van der Waals surface area contributed by atoms with Crippen LogP contribution >= 0.6 is 0 Å². The summed E-state index contributed by atoms with van der Waals surface area (Å²) in [5.74, 6) is -1.18. The first-order valence-electron chi connectivity index (χ1n) is 9.24. The van der Waals surface area contributed by atoms with E-state index in [0.717, 1.165) is 29.9 Å². The van der Waals surface area contributed by atoms with Crippen molar-refractivity contribution >= 4 is 11.7 Å². The number of aromatic nitrogens is 2. The molecule has 29 heavy (non-hydrogen) atoms.